The molecule has 4 aromatic carbocycles. The Balaban J connectivity index is 0.000000183. The minimum Gasteiger partial charge on any atom is -0.505 e. The molecular formula is C61H70BrN15O14S4. The number of amidine groups is 6. The fourth-order valence-corrected chi connectivity index (χ4v) is 13.2. The number of hydrogen-bond donors (Lipinski definition) is 9. The van der Waals surface area contributed by atoms with Gasteiger partial charge in [-0.2, -0.15) is 25.3 Å². The predicted molar refractivity (Wildman–Crippen MR) is 370 cm³/mol. The summed E-state index contributed by atoms with van der Waals surface area (Å²) < 4.78 is 103. The van der Waals surface area contributed by atoms with Crippen molar-refractivity contribution in [3.63, 3.8) is 0 Å². The highest BCUT2D eigenvalue weighted by atomic mass is 79.9. The van der Waals surface area contributed by atoms with Crippen LogP contribution in [0.25, 0.3) is 11.0 Å². The first-order valence-corrected chi connectivity index (χ1v) is 34.9. The second kappa shape index (κ2) is 28.9. The Morgan fingerprint density at radius 1 is 0.579 bits per heavy atom. The zero-order chi connectivity index (χ0) is 69.6. The Hall–Kier alpha value is -9.64. The van der Waals surface area contributed by atoms with E-state index in [-0.39, 0.29) is 103 Å². The van der Waals surface area contributed by atoms with Crippen molar-refractivity contribution in [2.45, 2.75) is 72.5 Å². The lowest BCUT2D eigenvalue weighted by atomic mass is 9.86. The van der Waals surface area contributed by atoms with E-state index in [2.05, 4.69) is 74.2 Å². The molecule has 3 aliphatic heterocycles. The van der Waals surface area contributed by atoms with Crippen LogP contribution in [0, 0.1) is 12.3 Å². The molecule has 29 nitrogen and oxygen atoms in total. The summed E-state index contributed by atoms with van der Waals surface area (Å²) in [6, 6.07) is 27.8. The number of anilines is 3. The van der Waals surface area contributed by atoms with Gasteiger partial charge in [0.25, 0.3) is 17.7 Å². The molecule has 34 heteroatoms. The number of aryl methyl sites for hydroxylation is 1. The van der Waals surface area contributed by atoms with Gasteiger partial charge in [0.05, 0.1) is 39.8 Å². The Morgan fingerprint density at radius 3 is 1.46 bits per heavy atom. The van der Waals surface area contributed by atoms with Crippen LogP contribution in [0.5, 0.6) is 17.2 Å². The molecule has 0 unspecified atom stereocenters. The number of halogens is 1. The van der Waals surface area contributed by atoms with Gasteiger partial charge in [0.2, 0.25) is 0 Å². The molecule has 10 rings (SSSR count). The Morgan fingerprint density at radius 2 is 1.04 bits per heavy atom. The highest BCUT2D eigenvalue weighted by molar-refractivity contribution is 9.10. The number of nitrogens with one attached hydrogen (secondary N) is 6. The zero-order valence-corrected chi connectivity index (χ0v) is 58.3. The largest absolute Gasteiger partial charge is 0.505 e. The molecule has 0 saturated heterocycles. The number of aliphatic imine (C=N–C) groups is 3. The van der Waals surface area contributed by atoms with Gasteiger partial charge < -0.3 is 54.8 Å². The summed E-state index contributed by atoms with van der Waals surface area (Å²) in [7, 11) is -2.64. The SMILES string of the molecule is CC[C@@H](N=C1NS(=O)(=O)N=C1Nc1ccc(Br)c(C(=O)N(C)C)c1O)c1ccc(C)o1.CC[C@@H](N=C1NS(=O)(=O)N=C1Nc1cccc(C(=O)N(C)C)c1O)c1cc2ccccc2o1.CN(C)C(=O)c1cccc(NC2=NS(=O)(=O)NC2=N[C@@H](c2cccs2)C(C)(C)C)c1O. The number of para-hydroxylation sites is 3. The van der Waals surface area contributed by atoms with Gasteiger partial charge in [-0.05, 0) is 113 Å². The van der Waals surface area contributed by atoms with E-state index < -0.39 is 54.5 Å². The van der Waals surface area contributed by atoms with Crippen molar-refractivity contribution in [2.24, 2.45) is 33.6 Å². The highest BCUT2D eigenvalue weighted by Crippen LogP contribution is 2.40. The number of carbonyl (C=O) groups excluding carboxylic acids is 3. The molecule has 0 radical (unpaired) electrons. The maximum atomic E-state index is 12.4. The summed E-state index contributed by atoms with van der Waals surface area (Å²) >= 11 is 4.78. The number of amides is 3. The minimum absolute atomic E-state index is 0.0222. The lowest BCUT2D eigenvalue weighted by Gasteiger charge is -2.27. The van der Waals surface area contributed by atoms with E-state index in [1.807, 2.05) is 82.5 Å². The fraction of sp³-hybridized carbons (Fsp3) is 0.295. The third kappa shape index (κ3) is 17.2. The smallest absolute Gasteiger partial charge is 0.345 e. The number of hydrogen-bond acceptors (Lipinski definition) is 21. The van der Waals surface area contributed by atoms with Crippen LogP contribution >= 0.6 is 27.3 Å². The standard InChI is InChI=1S/C22H23N5O5S.C20H25N5O4S2.C19H22BrN5O5S/c1-4-15(18-12-13-8-5-6-11-17(13)32-18)23-20-21(26-33(30,31)25-20)24-16-10-7-9-14(19(16)28)22(29)27(2)3;1-20(2,3)16(14-10-7-11-30-14)22-18-17(23-31(28,29)24-18)21-13-9-6-8-12(15(13)26)19(27)25(4)5;1-5-12(14-9-6-10(2)30-14)21-17-18(24-31(28,29)23-17)22-13-8-7-11(20)15(16(13)26)19(27)25(3)4/h5-12,15,28H,4H2,1-3H3,(H,23,25)(H,24,26);6-11,16,26H,1-5H3,(H,21,23)(H,22,24);6-9,12,26H,5H2,1-4H3,(H,21,23)(H,22,24)/t15-;16-;12-/m101/s1. The maximum absolute atomic E-state index is 12.4. The number of carbonyl (C=O) groups is 3. The summed E-state index contributed by atoms with van der Waals surface area (Å²) in [5.74, 6) is -0.607. The zero-order valence-electron chi connectivity index (χ0n) is 53.4. The molecule has 3 atom stereocenters. The normalized spacial score (nSPS) is 17.3. The molecule has 7 aromatic rings. The van der Waals surface area contributed by atoms with E-state index in [1.54, 1.807) is 79.5 Å². The number of rotatable bonds is 14. The van der Waals surface area contributed by atoms with Crippen molar-refractivity contribution in [1.82, 2.24) is 28.9 Å². The monoisotopic (exact) mass is 1440 g/mol. The van der Waals surface area contributed by atoms with E-state index in [9.17, 15) is 55.0 Å². The van der Waals surface area contributed by atoms with Crippen molar-refractivity contribution in [2.75, 3.05) is 58.2 Å². The summed E-state index contributed by atoms with van der Waals surface area (Å²) in [4.78, 5) is 55.6. The van der Waals surface area contributed by atoms with Crippen LogP contribution < -0.4 is 30.1 Å². The first-order chi connectivity index (χ1) is 44.6. The van der Waals surface area contributed by atoms with Crippen molar-refractivity contribution >= 4 is 139 Å². The average Bonchev–Trinajstić information content (AvgIpc) is 1.77. The van der Waals surface area contributed by atoms with Gasteiger partial charge in [0.1, 0.15) is 34.9 Å². The third-order valence-corrected chi connectivity index (χ3v) is 18.1. The molecule has 0 bridgehead atoms. The lowest BCUT2D eigenvalue weighted by molar-refractivity contribution is 0.0816. The number of fused-ring (bicyclic) bond motifs is 1. The molecule has 3 aromatic heterocycles. The Kier molecular flexibility index (Phi) is 21.7. The van der Waals surface area contributed by atoms with Gasteiger partial charge >= 0.3 is 30.6 Å². The van der Waals surface area contributed by atoms with Crippen LogP contribution in [0.15, 0.2) is 150 Å². The molecule has 3 aliphatic rings. The van der Waals surface area contributed by atoms with Gasteiger partial charge in [-0.15, -0.1) is 24.5 Å². The van der Waals surface area contributed by atoms with Crippen molar-refractivity contribution in [1.29, 1.82) is 0 Å². The number of furan rings is 2. The first-order valence-electron chi connectivity index (χ1n) is 28.9. The van der Waals surface area contributed by atoms with Crippen molar-refractivity contribution in [3.05, 3.63) is 152 Å². The summed E-state index contributed by atoms with van der Waals surface area (Å²) in [5.41, 5.74) is 0.933. The number of phenolic OH excluding ortho intramolecular Hbond substituents is 3. The highest BCUT2D eigenvalue weighted by Gasteiger charge is 2.35. The molecule has 3 amide bonds. The molecule has 6 heterocycles. The van der Waals surface area contributed by atoms with Crippen LogP contribution in [0.3, 0.4) is 0 Å². The second-order valence-electron chi connectivity index (χ2n) is 22.9. The van der Waals surface area contributed by atoms with Crippen molar-refractivity contribution in [3.8, 4) is 17.2 Å². The molecule has 0 fully saturated rings. The number of benzene rings is 4. The van der Waals surface area contributed by atoms with Crippen molar-refractivity contribution < 1.29 is 63.8 Å². The van der Waals surface area contributed by atoms with E-state index in [4.69, 9.17) is 8.83 Å². The van der Waals surface area contributed by atoms with Gasteiger partial charge in [0, 0.05) is 57.0 Å². The lowest BCUT2D eigenvalue weighted by Crippen LogP contribution is -2.32. The molecule has 9 N–H and O–H groups in total. The van der Waals surface area contributed by atoms with Gasteiger partial charge in [-0.25, -0.2) is 14.2 Å². The topological polar surface area (TPSA) is 397 Å². The third-order valence-electron chi connectivity index (χ3n) is 13.9. The van der Waals surface area contributed by atoms with Crippen LogP contribution in [0.4, 0.5) is 17.1 Å². The molecule has 504 valence electrons. The summed E-state index contributed by atoms with van der Waals surface area (Å²) in [6.45, 7) is 11.6. The number of phenols is 3. The number of nitrogens with zero attached hydrogens (tertiary/aromatic N) is 9. The van der Waals surface area contributed by atoms with Crippen LogP contribution in [-0.4, -0.2) is 150 Å². The molecule has 95 heavy (non-hydrogen) atoms. The van der Waals surface area contributed by atoms with Gasteiger partial charge in [-0.3, -0.25) is 29.4 Å². The van der Waals surface area contributed by atoms with E-state index in [0.717, 1.165) is 10.3 Å². The number of aromatic hydroxyl groups is 3. The Labute approximate surface area is 561 Å². The first kappa shape index (κ1) is 71.2. The van der Waals surface area contributed by atoms with E-state index in [0.29, 0.717) is 40.2 Å². The minimum atomic E-state index is -4.02. The van der Waals surface area contributed by atoms with Gasteiger partial charge in [-0.1, -0.05) is 71.0 Å². The molecular weight excluding hydrogens is 1370 g/mol. The molecule has 0 spiro atoms. The quantitative estimate of drug-likeness (QED) is 0.0458. The average molecular weight is 1450 g/mol. The maximum Gasteiger partial charge on any atom is 0.345 e. The number of thiophene rings is 1. The van der Waals surface area contributed by atoms with Crippen LogP contribution in [0.2, 0.25) is 0 Å². The van der Waals surface area contributed by atoms with E-state index >= 15 is 0 Å². The summed E-state index contributed by atoms with van der Waals surface area (Å²) in [5, 5.41) is 43.0. The van der Waals surface area contributed by atoms with E-state index in [1.165, 1.54) is 56.4 Å². The predicted octanol–water partition coefficient (Wildman–Crippen LogP) is 9.01. The Bertz CT molecular complexity index is 4620. The molecule has 0 saturated carbocycles. The second-order valence-corrected chi connectivity index (χ2v) is 28.8. The van der Waals surface area contributed by atoms with Crippen LogP contribution in [-0.2, 0) is 30.6 Å². The van der Waals surface area contributed by atoms with Crippen LogP contribution in [0.1, 0.15) is 119 Å². The fourth-order valence-electron chi connectivity index (χ4n) is 9.25. The summed E-state index contributed by atoms with van der Waals surface area (Å²) in [6.07, 6.45) is 1.09. The molecule has 0 aliphatic carbocycles. The van der Waals surface area contributed by atoms with Gasteiger partial charge in [0.15, 0.2) is 52.3 Å².